The van der Waals surface area contributed by atoms with Gasteiger partial charge in [0.05, 0.1) is 12.8 Å². The van der Waals surface area contributed by atoms with Gasteiger partial charge < -0.3 is 4.74 Å². The van der Waals surface area contributed by atoms with Crippen LogP contribution in [-0.2, 0) is 0 Å². The number of nitrogens with two attached hydrogens (primary N) is 1. The van der Waals surface area contributed by atoms with Crippen LogP contribution in [0.5, 0.6) is 5.75 Å². The van der Waals surface area contributed by atoms with Crippen molar-refractivity contribution < 1.29 is 9.53 Å². The van der Waals surface area contributed by atoms with Gasteiger partial charge in [0, 0.05) is 11.5 Å². The average Bonchev–Trinajstić information content (AvgIpc) is 2.38. The van der Waals surface area contributed by atoms with Crippen LogP contribution in [0.15, 0.2) is 4.47 Å². The Morgan fingerprint density at radius 2 is 1.83 bits per heavy atom. The first-order valence-electron chi connectivity index (χ1n) is 5.44. The molecule has 0 aliphatic rings. The number of rotatable bonds is 2. The molecule has 2 amide bonds. The van der Waals surface area contributed by atoms with Gasteiger partial charge in [-0.05, 0) is 37.5 Å². The normalized spacial score (nSPS) is 10.2. The Morgan fingerprint density at radius 3 is 2.28 bits per heavy atom. The van der Waals surface area contributed by atoms with E-state index >= 15 is 0 Å². The number of nitrogens with zero attached hydrogens (tertiary/aromatic N) is 1. The quantitative estimate of drug-likeness (QED) is 0.500. The van der Waals surface area contributed by atoms with Gasteiger partial charge in [0.25, 0.3) is 0 Å². The molecule has 0 unspecified atom stereocenters. The molecule has 6 heteroatoms. The van der Waals surface area contributed by atoms with E-state index in [9.17, 15) is 4.79 Å². The summed E-state index contributed by atoms with van der Waals surface area (Å²) in [6.45, 7) is 5.88. The van der Waals surface area contributed by atoms with Crippen molar-refractivity contribution >= 4 is 27.6 Å². The SMILES string of the molecule is COc1c(C)c(C)c(Br)c(C)c1N(C)C(=O)NN. The Kier molecular flexibility index (Phi) is 4.59. The second-order valence-electron chi connectivity index (χ2n) is 4.08. The molecule has 5 nitrogen and oxygen atoms in total. The largest absolute Gasteiger partial charge is 0.494 e. The number of hydrogen-bond donors (Lipinski definition) is 2. The van der Waals surface area contributed by atoms with Crippen molar-refractivity contribution in [2.45, 2.75) is 20.8 Å². The molecule has 0 aliphatic carbocycles. The lowest BCUT2D eigenvalue weighted by atomic mass is 10.0. The summed E-state index contributed by atoms with van der Waals surface area (Å²) >= 11 is 3.54. The van der Waals surface area contributed by atoms with Crippen molar-refractivity contribution in [3.05, 3.63) is 21.2 Å². The van der Waals surface area contributed by atoms with E-state index in [1.165, 1.54) is 4.90 Å². The number of anilines is 1. The van der Waals surface area contributed by atoms with Gasteiger partial charge in [-0.3, -0.25) is 10.3 Å². The number of halogens is 1. The molecule has 3 N–H and O–H groups in total. The van der Waals surface area contributed by atoms with E-state index in [4.69, 9.17) is 10.6 Å². The van der Waals surface area contributed by atoms with Gasteiger partial charge in [0.15, 0.2) is 0 Å². The van der Waals surface area contributed by atoms with Crippen LogP contribution in [0.1, 0.15) is 16.7 Å². The Hall–Kier alpha value is -1.27. The standard InChI is InChI=1S/C12H18BrN3O2/c1-6-7(2)11(18-5)10(8(3)9(6)13)16(4)12(17)15-14/h14H2,1-5H3,(H,15,17). The van der Waals surface area contributed by atoms with Crippen LogP contribution in [0.3, 0.4) is 0 Å². The monoisotopic (exact) mass is 315 g/mol. The fourth-order valence-electron chi connectivity index (χ4n) is 1.92. The molecule has 0 saturated carbocycles. The molecule has 0 heterocycles. The van der Waals surface area contributed by atoms with E-state index < -0.39 is 6.03 Å². The second kappa shape index (κ2) is 5.58. The zero-order chi connectivity index (χ0) is 14.0. The number of urea groups is 1. The first-order chi connectivity index (χ1) is 8.36. The minimum absolute atomic E-state index is 0.397. The number of carbonyl (C=O) groups is 1. The molecule has 0 aliphatic heterocycles. The average molecular weight is 316 g/mol. The maximum Gasteiger partial charge on any atom is 0.335 e. The topological polar surface area (TPSA) is 67.6 Å². The molecule has 0 fully saturated rings. The highest BCUT2D eigenvalue weighted by atomic mass is 79.9. The third-order valence-electron chi connectivity index (χ3n) is 3.10. The summed E-state index contributed by atoms with van der Waals surface area (Å²) in [6, 6.07) is -0.397. The lowest BCUT2D eigenvalue weighted by Gasteiger charge is -2.25. The maximum atomic E-state index is 11.7. The molecular weight excluding hydrogens is 298 g/mol. The number of benzene rings is 1. The van der Waals surface area contributed by atoms with Crippen LogP contribution in [0.25, 0.3) is 0 Å². The molecule has 0 aromatic heterocycles. The van der Waals surface area contributed by atoms with Crippen LogP contribution >= 0.6 is 15.9 Å². The molecule has 18 heavy (non-hydrogen) atoms. The number of methoxy groups -OCH3 is 1. The Labute approximate surface area is 115 Å². The van der Waals surface area contributed by atoms with E-state index in [1.807, 2.05) is 20.8 Å². The summed E-state index contributed by atoms with van der Waals surface area (Å²) in [5, 5.41) is 0. The summed E-state index contributed by atoms with van der Waals surface area (Å²) in [5.41, 5.74) is 5.83. The zero-order valence-electron chi connectivity index (χ0n) is 11.2. The van der Waals surface area contributed by atoms with Crippen LogP contribution in [0.4, 0.5) is 10.5 Å². The summed E-state index contributed by atoms with van der Waals surface area (Å²) in [7, 11) is 3.24. The zero-order valence-corrected chi connectivity index (χ0v) is 12.8. The predicted octanol–water partition coefficient (Wildman–Crippen LogP) is 2.40. The third kappa shape index (κ3) is 2.30. The van der Waals surface area contributed by atoms with E-state index in [-0.39, 0.29) is 0 Å². The van der Waals surface area contributed by atoms with E-state index in [1.54, 1.807) is 14.2 Å². The highest BCUT2D eigenvalue weighted by molar-refractivity contribution is 9.10. The summed E-state index contributed by atoms with van der Waals surface area (Å²) in [4.78, 5) is 13.1. The number of amides is 2. The van der Waals surface area contributed by atoms with Gasteiger partial charge in [-0.1, -0.05) is 15.9 Å². The molecule has 0 saturated heterocycles. The number of hydrogen-bond acceptors (Lipinski definition) is 3. The highest BCUT2D eigenvalue weighted by Gasteiger charge is 2.22. The van der Waals surface area contributed by atoms with Gasteiger partial charge in [-0.15, -0.1) is 0 Å². The van der Waals surface area contributed by atoms with Gasteiger partial charge in [-0.2, -0.15) is 0 Å². The van der Waals surface area contributed by atoms with Crippen LogP contribution in [-0.4, -0.2) is 20.2 Å². The molecular formula is C12H18BrN3O2. The van der Waals surface area contributed by atoms with Crippen LogP contribution in [0, 0.1) is 20.8 Å². The fourth-order valence-corrected chi connectivity index (χ4v) is 2.41. The van der Waals surface area contributed by atoms with Crippen molar-refractivity contribution in [2.75, 3.05) is 19.1 Å². The van der Waals surface area contributed by atoms with Crippen molar-refractivity contribution in [3.63, 3.8) is 0 Å². The minimum atomic E-state index is -0.397. The molecule has 1 rings (SSSR count). The number of hydrazine groups is 1. The van der Waals surface area contributed by atoms with E-state index in [0.717, 1.165) is 21.2 Å². The van der Waals surface area contributed by atoms with Gasteiger partial charge in [0.2, 0.25) is 0 Å². The molecule has 0 spiro atoms. The molecule has 1 aromatic carbocycles. The molecule has 0 bridgehead atoms. The Balaban J connectivity index is 3.56. The van der Waals surface area contributed by atoms with Crippen LogP contribution < -0.4 is 20.9 Å². The summed E-state index contributed by atoms with van der Waals surface area (Å²) in [5.74, 6) is 5.84. The van der Waals surface area contributed by atoms with Gasteiger partial charge in [-0.25, -0.2) is 10.6 Å². The van der Waals surface area contributed by atoms with Gasteiger partial charge in [0.1, 0.15) is 5.75 Å². The Morgan fingerprint density at radius 1 is 1.28 bits per heavy atom. The maximum absolute atomic E-state index is 11.7. The van der Waals surface area contributed by atoms with Crippen molar-refractivity contribution in [2.24, 2.45) is 5.84 Å². The first kappa shape index (κ1) is 14.8. The first-order valence-corrected chi connectivity index (χ1v) is 6.23. The Bertz CT molecular complexity index is 489. The number of nitrogens with one attached hydrogen (secondary N) is 1. The summed E-state index contributed by atoms with van der Waals surface area (Å²) in [6.07, 6.45) is 0. The van der Waals surface area contributed by atoms with Gasteiger partial charge >= 0.3 is 6.03 Å². The highest BCUT2D eigenvalue weighted by Crippen LogP contribution is 2.41. The molecule has 0 atom stereocenters. The summed E-state index contributed by atoms with van der Waals surface area (Å²) < 4.78 is 6.39. The van der Waals surface area contributed by atoms with Crippen LogP contribution in [0.2, 0.25) is 0 Å². The van der Waals surface area contributed by atoms with E-state index in [2.05, 4.69) is 21.4 Å². The number of ether oxygens (including phenoxy) is 1. The smallest absolute Gasteiger partial charge is 0.335 e. The van der Waals surface area contributed by atoms with E-state index in [0.29, 0.717) is 11.4 Å². The minimum Gasteiger partial charge on any atom is -0.494 e. The second-order valence-corrected chi connectivity index (χ2v) is 4.87. The van der Waals surface area contributed by atoms with Crippen molar-refractivity contribution in [1.29, 1.82) is 0 Å². The third-order valence-corrected chi connectivity index (χ3v) is 4.29. The van der Waals surface area contributed by atoms with Crippen molar-refractivity contribution in [3.8, 4) is 5.75 Å². The van der Waals surface area contributed by atoms with Crippen molar-refractivity contribution in [1.82, 2.24) is 5.43 Å². The molecule has 1 aromatic rings. The molecule has 0 radical (unpaired) electrons. The fraction of sp³-hybridized carbons (Fsp3) is 0.417. The number of carbonyl (C=O) groups excluding carboxylic acids is 1. The lowest BCUT2D eigenvalue weighted by molar-refractivity contribution is 0.247. The molecule has 100 valence electrons. The predicted molar refractivity (Wildman–Crippen MR) is 76.0 cm³/mol. The lowest BCUT2D eigenvalue weighted by Crippen LogP contribution is -2.41.